The number of rotatable bonds is 6. The van der Waals surface area contributed by atoms with E-state index >= 15 is 0 Å². The van der Waals surface area contributed by atoms with Crippen molar-refractivity contribution in [3.05, 3.63) is 30.1 Å². The fourth-order valence-corrected chi connectivity index (χ4v) is 2.45. The molecule has 0 atom stereocenters. The predicted molar refractivity (Wildman–Crippen MR) is 81.9 cm³/mol. The van der Waals surface area contributed by atoms with Gasteiger partial charge in [-0.1, -0.05) is 6.07 Å². The molecule has 0 radical (unpaired) electrons. The van der Waals surface area contributed by atoms with Crippen LogP contribution >= 0.6 is 0 Å². The molecule has 0 aromatic carbocycles. The molecule has 22 heavy (non-hydrogen) atoms. The lowest BCUT2D eigenvalue weighted by atomic mass is 9.99. The highest BCUT2D eigenvalue weighted by atomic mass is 16.5. The minimum Gasteiger partial charge on any atom is -0.381 e. The number of carbonyl (C=O) groups excluding carboxylic acids is 2. The van der Waals surface area contributed by atoms with Gasteiger partial charge in [-0.05, 0) is 25.0 Å². The lowest BCUT2D eigenvalue weighted by Crippen LogP contribution is -2.40. The predicted octanol–water partition coefficient (Wildman–Crippen LogP) is 0.973. The molecule has 120 valence electrons. The van der Waals surface area contributed by atoms with Gasteiger partial charge in [-0.25, -0.2) is 0 Å². The molecule has 2 amide bonds. The Kier molecular flexibility index (Phi) is 6.33. The van der Waals surface area contributed by atoms with Gasteiger partial charge in [0.1, 0.15) is 0 Å². The van der Waals surface area contributed by atoms with Crippen LogP contribution in [-0.2, 0) is 20.9 Å². The molecule has 0 bridgehead atoms. The zero-order valence-corrected chi connectivity index (χ0v) is 13.0. The average Bonchev–Trinajstić information content (AvgIpc) is 2.55. The van der Waals surface area contributed by atoms with Gasteiger partial charge < -0.3 is 15.0 Å². The number of hydrogen-bond acceptors (Lipinski definition) is 4. The Morgan fingerprint density at radius 3 is 2.77 bits per heavy atom. The van der Waals surface area contributed by atoms with Crippen LogP contribution in [0.3, 0.4) is 0 Å². The van der Waals surface area contributed by atoms with Gasteiger partial charge in [-0.15, -0.1) is 0 Å². The topological polar surface area (TPSA) is 71.5 Å². The fourth-order valence-electron chi connectivity index (χ4n) is 2.45. The molecule has 0 aliphatic carbocycles. The van der Waals surface area contributed by atoms with E-state index in [1.807, 2.05) is 18.2 Å². The molecule has 0 saturated carbocycles. The molecule has 1 aliphatic rings. The van der Waals surface area contributed by atoms with Crippen LogP contribution < -0.4 is 5.32 Å². The Balaban J connectivity index is 1.77. The van der Waals surface area contributed by atoms with E-state index in [0.29, 0.717) is 32.8 Å². The molecular formula is C16H23N3O3. The van der Waals surface area contributed by atoms with Gasteiger partial charge in [0.25, 0.3) is 0 Å². The maximum atomic E-state index is 12.0. The minimum absolute atomic E-state index is 0.0223. The van der Waals surface area contributed by atoms with Crippen molar-refractivity contribution in [3.8, 4) is 0 Å². The summed E-state index contributed by atoms with van der Waals surface area (Å²) in [7, 11) is 0. The number of aromatic nitrogens is 1. The van der Waals surface area contributed by atoms with Crippen LogP contribution in [0.2, 0.25) is 0 Å². The minimum atomic E-state index is -0.0223. The lowest BCUT2D eigenvalue weighted by molar-refractivity contribution is -0.131. The van der Waals surface area contributed by atoms with Gasteiger partial charge in [-0.3, -0.25) is 14.6 Å². The summed E-state index contributed by atoms with van der Waals surface area (Å²) < 4.78 is 5.25. The zero-order chi connectivity index (χ0) is 15.8. The van der Waals surface area contributed by atoms with Crippen molar-refractivity contribution in [1.82, 2.24) is 15.2 Å². The Morgan fingerprint density at radius 1 is 1.36 bits per heavy atom. The molecule has 2 rings (SSSR count). The molecule has 1 saturated heterocycles. The van der Waals surface area contributed by atoms with Gasteiger partial charge in [0.15, 0.2) is 0 Å². The van der Waals surface area contributed by atoms with Gasteiger partial charge in [-0.2, -0.15) is 0 Å². The van der Waals surface area contributed by atoms with Crippen molar-refractivity contribution in [2.45, 2.75) is 26.3 Å². The summed E-state index contributed by atoms with van der Waals surface area (Å²) in [4.78, 5) is 29.6. The summed E-state index contributed by atoms with van der Waals surface area (Å²) in [6.07, 6.45) is 3.26. The summed E-state index contributed by atoms with van der Waals surface area (Å²) in [5, 5.41) is 2.91. The van der Waals surface area contributed by atoms with E-state index in [1.165, 1.54) is 6.92 Å². The maximum Gasteiger partial charge on any atom is 0.223 e. The highest BCUT2D eigenvalue weighted by Crippen LogP contribution is 2.14. The maximum absolute atomic E-state index is 12.0. The van der Waals surface area contributed by atoms with E-state index in [1.54, 1.807) is 11.1 Å². The van der Waals surface area contributed by atoms with Crippen molar-refractivity contribution in [3.63, 3.8) is 0 Å². The van der Waals surface area contributed by atoms with Crippen LogP contribution in [0.25, 0.3) is 0 Å². The highest BCUT2D eigenvalue weighted by molar-refractivity contribution is 5.78. The largest absolute Gasteiger partial charge is 0.381 e. The summed E-state index contributed by atoms with van der Waals surface area (Å²) in [6.45, 7) is 4.24. The smallest absolute Gasteiger partial charge is 0.223 e. The van der Waals surface area contributed by atoms with Crippen LogP contribution in [0.4, 0.5) is 0 Å². The highest BCUT2D eigenvalue weighted by Gasteiger charge is 2.21. The Morgan fingerprint density at radius 2 is 2.14 bits per heavy atom. The van der Waals surface area contributed by atoms with Crippen LogP contribution in [0.1, 0.15) is 25.5 Å². The van der Waals surface area contributed by atoms with Crippen molar-refractivity contribution in [1.29, 1.82) is 0 Å². The van der Waals surface area contributed by atoms with Crippen molar-refractivity contribution < 1.29 is 14.3 Å². The standard InChI is InChI=1S/C16H23N3O3/c1-13(20)19(12-15-4-2-3-7-17-15)9-8-18-16(21)14-5-10-22-11-6-14/h2-4,7,14H,5-6,8-12H2,1H3,(H,18,21). The Hall–Kier alpha value is -1.95. The molecule has 0 unspecified atom stereocenters. The first-order valence-electron chi connectivity index (χ1n) is 7.67. The molecule has 0 spiro atoms. The number of nitrogens with one attached hydrogen (secondary N) is 1. The zero-order valence-electron chi connectivity index (χ0n) is 13.0. The molecule has 1 fully saturated rings. The second-order valence-corrected chi connectivity index (χ2v) is 5.44. The lowest BCUT2D eigenvalue weighted by Gasteiger charge is -2.23. The van der Waals surface area contributed by atoms with Gasteiger partial charge in [0.2, 0.25) is 11.8 Å². The third-order valence-corrected chi connectivity index (χ3v) is 3.80. The molecule has 1 aromatic heterocycles. The second-order valence-electron chi connectivity index (χ2n) is 5.44. The van der Waals surface area contributed by atoms with Gasteiger partial charge in [0, 0.05) is 45.3 Å². The molecule has 1 N–H and O–H groups in total. The van der Waals surface area contributed by atoms with E-state index in [4.69, 9.17) is 4.74 Å². The van der Waals surface area contributed by atoms with Gasteiger partial charge in [0.05, 0.1) is 12.2 Å². The molecular weight excluding hydrogens is 282 g/mol. The summed E-state index contributed by atoms with van der Waals surface area (Å²) in [6, 6.07) is 5.62. The molecule has 1 aromatic rings. The van der Waals surface area contributed by atoms with Crippen LogP contribution in [0.5, 0.6) is 0 Å². The first kappa shape index (κ1) is 16.4. The van der Waals surface area contributed by atoms with Crippen molar-refractivity contribution >= 4 is 11.8 Å². The normalized spacial score (nSPS) is 15.3. The van der Waals surface area contributed by atoms with Crippen LogP contribution in [0.15, 0.2) is 24.4 Å². The Bertz CT molecular complexity index is 487. The molecule has 1 aliphatic heterocycles. The average molecular weight is 305 g/mol. The number of ether oxygens (including phenoxy) is 1. The Labute approximate surface area is 130 Å². The third kappa shape index (κ3) is 5.11. The number of hydrogen-bond donors (Lipinski definition) is 1. The van der Waals surface area contributed by atoms with Crippen molar-refractivity contribution in [2.75, 3.05) is 26.3 Å². The number of nitrogens with zero attached hydrogens (tertiary/aromatic N) is 2. The van der Waals surface area contributed by atoms with Crippen LogP contribution in [-0.4, -0.2) is 48.0 Å². The van der Waals surface area contributed by atoms with Crippen LogP contribution in [0, 0.1) is 5.92 Å². The monoisotopic (exact) mass is 305 g/mol. The van der Waals surface area contributed by atoms with E-state index < -0.39 is 0 Å². The molecule has 6 nitrogen and oxygen atoms in total. The summed E-state index contributed by atoms with van der Waals surface area (Å²) >= 11 is 0. The van der Waals surface area contributed by atoms with Crippen molar-refractivity contribution in [2.24, 2.45) is 5.92 Å². The first-order chi connectivity index (χ1) is 10.7. The third-order valence-electron chi connectivity index (χ3n) is 3.80. The second kappa shape index (κ2) is 8.48. The SMILES string of the molecule is CC(=O)N(CCNC(=O)C1CCOCC1)Cc1ccccn1. The number of pyridine rings is 1. The summed E-state index contributed by atoms with van der Waals surface area (Å²) in [5.41, 5.74) is 0.841. The summed E-state index contributed by atoms with van der Waals surface area (Å²) in [5.74, 6) is 0.0749. The van der Waals surface area contributed by atoms with Gasteiger partial charge >= 0.3 is 0 Å². The molecule has 2 heterocycles. The van der Waals surface area contributed by atoms with E-state index in [2.05, 4.69) is 10.3 Å². The fraction of sp³-hybridized carbons (Fsp3) is 0.562. The van der Waals surface area contributed by atoms with E-state index in [-0.39, 0.29) is 17.7 Å². The van der Waals surface area contributed by atoms with E-state index in [0.717, 1.165) is 18.5 Å². The number of carbonyl (C=O) groups is 2. The first-order valence-corrected chi connectivity index (χ1v) is 7.67. The quantitative estimate of drug-likeness (QED) is 0.850. The van der Waals surface area contributed by atoms with E-state index in [9.17, 15) is 9.59 Å². The molecule has 6 heteroatoms. The number of amides is 2.